The van der Waals surface area contributed by atoms with E-state index in [1.54, 1.807) is 18.3 Å². The number of anilines is 1. The van der Waals surface area contributed by atoms with E-state index in [-0.39, 0.29) is 11.8 Å². The average Bonchev–Trinajstić information content (AvgIpc) is 3.18. The number of carbonyl (C=O) groups is 1. The maximum atomic E-state index is 13.1. The summed E-state index contributed by atoms with van der Waals surface area (Å²) in [7, 11) is 0. The number of furan rings is 1. The standard InChI is InChI=1S/C22H22N4O2/c1-15(2)20-13-19-21(28-20)18(6-7-24-19)22(27)26-10-8-25(9-11-26)17-5-3-4-16(12-17)14-23/h3-7,12-13,15H,8-11H2,1-2H3. The number of aromatic nitrogens is 1. The van der Waals surface area contributed by atoms with Gasteiger partial charge in [0.15, 0.2) is 5.58 Å². The molecule has 1 fully saturated rings. The Balaban J connectivity index is 1.51. The Labute approximate surface area is 164 Å². The third-order valence-electron chi connectivity index (χ3n) is 5.14. The van der Waals surface area contributed by atoms with Gasteiger partial charge in [-0.3, -0.25) is 9.78 Å². The third kappa shape index (κ3) is 3.31. The lowest BCUT2D eigenvalue weighted by molar-refractivity contribution is 0.0747. The molecule has 1 aliphatic rings. The van der Waals surface area contributed by atoms with Crippen LogP contribution in [0.15, 0.2) is 47.0 Å². The van der Waals surface area contributed by atoms with Gasteiger partial charge in [-0.25, -0.2) is 0 Å². The minimum atomic E-state index is -0.0255. The zero-order chi connectivity index (χ0) is 19.7. The number of hydrogen-bond donors (Lipinski definition) is 0. The van der Waals surface area contributed by atoms with Crippen molar-refractivity contribution in [1.82, 2.24) is 9.88 Å². The van der Waals surface area contributed by atoms with Crippen molar-refractivity contribution in [3.05, 3.63) is 59.5 Å². The highest BCUT2D eigenvalue weighted by Crippen LogP contribution is 2.27. The zero-order valence-electron chi connectivity index (χ0n) is 16.1. The second kappa shape index (κ2) is 7.35. The molecule has 6 nitrogen and oxygen atoms in total. The topological polar surface area (TPSA) is 73.4 Å². The maximum Gasteiger partial charge on any atom is 0.257 e. The van der Waals surface area contributed by atoms with Gasteiger partial charge in [-0.05, 0) is 24.3 Å². The van der Waals surface area contributed by atoms with Gasteiger partial charge in [-0.1, -0.05) is 19.9 Å². The molecule has 1 saturated heterocycles. The number of benzene rings is 1. The van der Waals surface area contributed by atoms with Gasteiger partial charge in [-0.2, -0.15) is 5.26 Å². The van der Waals surface area contributed by atoms with Crippen molar-refractivity contribution in [2.24, 2.45) is 0 Å². The molecule has 0 spiro atoms. The summed E-state index contributed by atoms with van der Waals surface area (Å²) < 4.78 is 5.94. The Kier molecular flexibility index (Phi) is 4.74. The van der Waals surface area contributed by atoms with E-state index in [1.165, 1.54) is 0 Å². The number of amides is 1. The predicted octanol–water partition coefficient (Wildman–Crippen LogP) is 3.79. The summed E-state index contributed by atoms with van der Waals surface area (Å²) in [6.07, 6.45) is 1.67. The van der Waals surface area contributed by atoms with Crippen molar-refractivity contribution in [1.29, 1.82) is 5.26 Å². The summed E-state index contributed by atoms with van der Waals surface area (Å²) in [5, 5.41) is 9.09. The molecule has 0 bridgehead atoms. The first-order chi connectivity index (χ1) is 13.6. The molecule has 1 amide bonds. The number of rotatable bonds is 3. The Morgan fingerprint density at radius 1 is 1.18 bits per heavy atom. The molecule has 1 aromatic carbocycles. The molecule has 0 atom stereocenters. The first kappa shape index (κ1) is 18.1. The van der Waals surface area contributed by atoms with E-state index in [0.29, 0.717) is 29.8 Å². The van der Waals surface area contributed by atoms with Gasteiger partial charge in [0.25, 0.3) is 5.91 Å². The Hall–Kier alpha value is -3.33. The van der Waals surface area contributed by atoms with E-state index >= 15 is 0 Å². The normalized spacial score (nSPS) is 14.5. The fraction of sp³-hybridized carbons (Fsp3) is 0.318. The minimum absolute atomic E-state index is 0.0255. The van der Waals surface area contributed by atoms with Gasteiger partial charge in [0.1, 0.15) is 11.3 Å². The molecule has 6 heteroatoms. The summed E-state index contributed by atoms with van der Waals surface area (Å²) >= 11 is 0. The highest BCUT2D eigenvalue weighted by molar-refractivity contribution is 6.04. The molecule has 0 saturated carbocycles. The van der Waals surface area contributed by atoms with E-state index in [2.05, 4.69) is 29.8 Å². The van der Waals surface area contributed by atoms with E-state index in [4.69, 9.17) is 9.68 Å². The van der Waals surface area contributed by atoms with E-state index in [9.17, 15) is 4.79 Å². The number of pyridine rings is 1. The van der Waals surface area contributed by atoms with Crippen molar-refractivity contribution in [3.63, 3.8) is 0 Å². The smallest absolute Gasteiger partial charge is 0.257 e. The van der Waals surface area contributed by atoms with Gasteiger partial charge < -0.3 is 14.2 Å². The van der Waals surface area contributed by atoms with Crippen molar-refractivity contribution in [3.8, 4) is 6.07 Å². The highest BCUT2D eigenvalue weighted by Gasteiger charge is 2.25. The summed E-state index contributed by atoms with van der Waals surface area (Å²) in [6.45, 7) is 6.81. The number of nitriles is 1. The summed E-state index contributed by atoms with van der Waals surface area (Å²) in [4.78, 5) is 21.5. The molecule has 2 aromatic heterocycles. The molecule has 1 aliphatic heterocycles. The quantitative estimate of drug-likeness (QED) is 0.697. The average molecular weight is 374 g/mol. The predicted molar refractivity (Wildman–Crippen MR) is 107 cm³/mol. The Morgan fingerprint density at radius 2 is 1.96 bits per heavy atom. The van der Waals surface area contributed by atoms with Crippen LogP contribution >= 0.6 is 0 Å². The number of piperazine rings is 1. The number of fused-ring (bicyclic) bond motifs is 1. The second-order valence-electron chi connectivity index (χ2n) is 7.32. The molecule has 0 aliphatic carbocycles. The lowest BCUT2D eigenvalue weighted by Crippen LogP contribution is -2.48. The van der Waals surface area contributed by atoms with Gasteiger partial charge in [0, 0.05) is 50.0 Å². The number of hydrogen-bond acceptors (Lipinski definition) is 5. The summed E-state index contributed by atoms with van der Waals surface area (Å²) in [5.41, 5.74) is 3.53. The molecule has 0 radical (unpaired) electrons. The number of nitrogens with zero attached hydrogens (tertiary/aromatic N) is 4. The van der Waals surface area contributed by atoms with Crippen molar-refractivity contribution in [2.45, 2.75) is 19.8 Å². The molecule has 3 aromatic rings. The Bertz CT molecular complexity index is 1060. The third-order valence-corrected chi connectivity index (χ3v) is 5.14. The molecule has 0 N–H and O–H groups in total. The minimum Gasteiger partial charge on any atom is -0.458 e. The van der Waals surface area contributed by atoms with Crippen LogP contribution in [-0.2, 0) is 0 Å². The molecular weight excluding hydrogens is 352 g/mol. The highest BCUT2D eigenvalue weighted by atomic mass is 16.3. The van der Waals surface area contributed by atoms with Crippen molar-refractivity contribution >= 4 is 22.7 Å². The van der Waals surface area contributed by atoms with Crippen LogP contribution in [-0.4, -0.2) is 42.0 Å². The van der Waals surface area contributed by atoms with Gasteiger partial charge in [0.2, 0.25) is 0 Å². The van der Waals surface area contributed by atoms with Crippen LogP contribution in [0.2, 0.25) is 0 Å². The number of carbonyl (C=O) groups excluding carboxylic acids is 1. The lowest BCUT2D eigenvalue weighted by Gasteiger charge is -2.36. The van der Waals surface area contributed by atoms with Crippen molar-refractivity contribution < 1.29 is 9.21 Å². The van der Waals surface area contributed by atoms with E-state index in [1.807, 2.05) is 29.2 Å². The van der Waals surface area contributed by atoms with Gasteiger partial charge >= 0.3 is 0 Å². The summed E-state index contributed by atoms with van der Waals surface area (Å²) in [5.74, 6) is 1.05. The second-order valence-corrected chi connectivity index (χ2v) is 7.32. The van der Waals surface area contributed by atoms with E-state index < -0.39 is 0 Å². The van der Waals surface area contributed by atoms with E-state index in [0.717, 1.165) is 30.1 Å². The van der Waals surface area contributed by atoms with Crippen LogP contribution < -0.4 is 4.90 Å². The largest absolute Gasteiger partial charge is 0.458 e. The monoisotopic (exact) mass is 374 g/mol. The van der Waals surface area contributed by atoms with Crippen LogP contribution in [0.5, 0.6) is 0 Å². The molecule has 142 valence electrons. The molecule has 28 heavy (non-hydrogen) atoms. The molecule has 4 rings (SSSR count). The van der Waals surface area contributed by atoms with Crippen LogP contribution in [0.4, 0.5) is 5.69 Å². The Morgan fingerprint density at radius 3 is 2.68 bits per heavy atom. The van der Waals surface area contributed by atoms with Crippen LogP contribution in [0.25, 0.3) is 11.1 Å². The first-order valence-electron chi connectivity index (χ1n) is 9.49. The van der Waals surface area contributed by atoms with Gasteiger partial charge in [0.05, 0.1) is 17.2 Å². The molecule has 0 unspecified atom stereocenters. The summed E-state index contributed by atoms with van der Waals surface area (Å²) in [6, 6.07) is 13.4. The van der Waals surface area contributed by atoms with Crippen molar-refractivity contribution in [2.75, 3.05) is 31.1 Å². The maximum absolute atomic E-state index is 13.1. The van der Waals surface area contributed by atoms with Crippen LogP contribution in [0.1, 0.15) is 41.4 Å². The van der Waals surface area contributed by atoms with Gasteiger partial charge in [-0.15, -0.1) is 0 Å². The zero-order valence-corrected chi connectivity index (χ0v) is 16.1. The molecule has 3 heterocycles. The van der Waals surface area contributed by atoms with Crippen LogP contribution in [0.3, 0.4) is 0 Å². The fourth-order valence-corrected chi connectivity index (χ4v) is 3.52. The van der Waals surface area contributed by atoms with Crippen LogP contribution in [0, 0.1) is 11.3 Å². The molecular formula is C22H22N4O2. The SMILES string of the molecule is CC(C)c1cc2nccc(C(=O)N3CCN(c4cccc(C#N)c4)CC3)c2o1. The first-order valence-corrected chi connectivity index (χ1v) is 9.49. The fourth-order valence-electron chi connectivity index (χ4n) is 3.52. The lowest BCUT2D eigenvalue weighted by atomic mass is 10.1.